The van der Waals surface area contributed by atoms with E-state index in [4.69, 9.17) is 4.42 Å². The first-order valence-corrected chi connectivity index (χ1v) is 15.1. The minimum atomic E-state index is 0.924. The summed E-state index contributed by atoms with van der Waals surface area (Å²) in [4.78, 5) is 1.28. The first-order chi connectivity index (χ1) is 20.9. The SMILES string of the molecule is c1ccc(-c2sc3ccc4oc5ccccc5c4c3c2-c2c3ccccc3c(-c3ccccc3)c3ccccc23)cc1. The van der Waals surface area contributed by atoms with Crippen LogP contribution in [-0.4, -0.2) is 0 Å². The number of para-hydroxylation sites is 1. The van der Waals surface area contributed by atoms with Crippen molar-refractivity contribution in [1.82, 2.24) is 0 Å². The van der Waals surface area contributed by atoms with Crippen LogP contribution >= 0.6 is 11.3 Å². The van der Waals surface area contributed by atoms with Crippen molar-refractivity contribution < 1.29 is 4.42 Å². The van der Waals surface area contributed by atoms with Gasteiger partial charge in [0.1, 0.15) is 11.2 Å². The van der Waals surface area contributed by atoms with Gasteiger partial charge in [0.05, 0.1) is 0 Å². The molecule has 0 N–H and O–H groups in total. The van der Waals surface area contributed by atoms with E-state index in [1.54, 1.807) is 0 Å². The molecule has 0 saturated heterocycles. The molecule has 9 aromatic rings. The van der Waals surface area contributed by atoms with Crippen molar-refractivity contribution in [3.8, 4) is 32.7 Å². The molecule has 9 rings (SSSR count). The molecule has 2 heterocycles. The molecular formula is C40H24OS. The Hall–Kier alpha value is -5.18. The maximum absolute atomic E-state index is 6.42. The topological polar surface area (TPSA) is 13.1 Å². The summed E-state index contributed by atoms with van der Waals surface area (Å²) >= 11 is 1.87. The van der Waals surface area contributed by atoms with E-state index in [0.29, 0.717) is 0 Å². The second kappa shape index (κ2) is 9.17. The molecule has 0 fully saturated rings. The zero-order chi connectivity index (χ0) is 27.6. The number of thiophene rings is 1. The van der Waals surface area contributed by atoms with Gasteiger partial charge in [0.25, 0.3) is 0 Å². The minimum absolute atomic E-state index is 0.924. The molecule has 2 aromatic heterocycles. The molecule has 0 amide bonds. The van der Waals surface area contributed by atoms with Crippen molar-refractivity contribution in [2.75, 3.05) is 0 Å². The van der Waals surface area contributed by atoms with Crippen molar-refractivity contribution >= 4 is 64.9 Å². The summed E-state index contributed by atoms with van der Waals surface area (Å²) in [6.07, 6.45) is 0. The van der Waals surface area contributed by atoms with E-state index >= 15 is 0 Å². The summed E-state index contributed by atoms with van der Waals surface area (Å²) in [5.41, 5.74) is 8.16. The van der Waals surface area contributed by atoms with Crippen molar-refractivity contribution in [3.05, 3.63) is 146 Å². The Labute approximate surface area is 246 Å². The third-order valence-electron chi connectivity index (χ3n) is 8.47. The molecule has 0 radical (unpaired) electrons. The summed E-state index contributed by atoms with van der Waals surface area (Å²) < 4.78 is 7.69. The molecule has 0 spiro atoms. The maximum Gasteiger partial charge on any atom is 0.136 e. The van der Waals surface area contributed by atoms with Crippen LogP contribution in [-0.2, 0) is 0 Å². The Morgan fingerprint density at radius 2 is 0.881 bits per heavy atom. The van der Waals surface area contributed by atoms with Crippen LogP contribution in [0.1, 0.15) is 0 Å². The largest absolute Gasteiger partial charge is 0.456 e. The molecule has 0 unspecified atom stereocenters. The smallest absolute Gasteiger partial charge is 0.136 e. The van der Waals surface area contributed by atoms with Gasteiger partial charge in [0.15, 0.2) is 0 Å². The van der Waals surface area contributed by atoms with E-state index in [1.165, 1.54) is 69.7 Å². The molecule has 7 aromatic carbocycles. The maximum atomic E-state index is 6.42. The average molecular weight is 553 g/mol. The average Bonchev–Trinajstić information content (AvgIpc) is 3.63. The number of hydrogen-bond acceptors (Lipinski definition) is 2. The molecule has 0 aliphatic rings. The van der Waals surface area contributed by atoms with Crippen molar-refractivity contribution in [3.63, 3.8) is 0 Å². The standard InChI is InChI=1S/C40H24OS/c1-3-13-25(14-4-1)35-27-17-7-9-19-29(27)36(30-20-10-8-18-28(30)35)39-38-34(42-40(39)26-15-5-2-6-16-26)24-23-33-37(38)31-21-11-12-22-32(31)41-33/h1-24H. The lowest BCUT2D eigenvalue weighted by Gasteiger charge is -2.18. The van der Waals surface area contributed by atoms with Gasteiger partial charge in [-0.2, -0.15) is 0 Å². The van der Waals surface area contributed by atoms with Crippen LogP contribution in [0, 0.1) is 0 Å². The highest BCUT2D eigenvalue weighted by Crippen LogP contribution is 2.53. The van der Waals surface area contributed by atoms with Gasteiger partial charge >= 0.3 is 0 Å². The molecule has 1 nitrogen and oxygen atoms in total. The van der Waals surface area contributed by atoms with E-state index in [-0.39, 0.29) is 0 Å². The lowest BCUT2D eigenvalue weighted by atomic mass is 9.84. The summed E-state index contributed by atoms with van der Waals surface area (Å²) in [5, 5.41) is 8.67. The van der Waals surface area contributed by atoms with Crippen LogP contribution in [0.4, 0.5) is 0 Å². The number of rotatable bonds is 3. The highest BCUT2D eigenvalue weighted by molar-refractivity contribution is 7.23. The molecule has 2 heteroatoms. The fourth-order valence-corrected chi connectivity index (χ4v) is 7.97. The van der Waals surface area contributed by atoms with Crippen LogP contribution in [0.15, 0.2) is 150 Å². The van der Waals surface area contributed by atoms with Crippen molar-refractivity contribution in [1.29, 1.82) is 0 Å². The molecule has 196 valence electrons. The third kappa shape index (κ3) is 3.36. The Morgan fingerprint density at radius 1 is 0.357 bits per heavy atom. The lowest BCUT2D eigenvalue weighted by molar-refractivity contribution is 0.669. The first kappa shape index (κ1) is 23.5. The lowest BCUT2D eigenvalue weighted by Crippen LogP contribution is -1.91. The second-order valence-electron chi connectivity index (χ2n) is 10.8. The minimum Gasteiger partial charge on any atom is -0.456 e. The highest BCUT2D eigenvalue weighted by Gasteiger charge is 2.25. The quantitative estimate of drug-likeness (QED) is 0.199. The van der Waals surface area contributed by atoms with Gasteiger partial charge in [-0.25, -0.2) is 0 Å². The first-order valence-electron chi connectivity index (χ1n) is 14.3. The van der Waals surface area contributed by atoms with Crippen LogP contribution in [0.3, 0.4) is 0 Å². The molecule has 0 saturated carbocycles. The molecule has 0 aliphatic heterocycles. The van der Waals surface area contributed by atoms with Gasteiger partial charge in [-0.3, -0.25) is 0 Å². The summed E-state index contributed by atoms with van der Waals surface area (Å²) in [6, 6.07) is 52.3. The van der Waals surface area contributed by atoms with Crippen LogP contribution in [0.25, 0.3) is 86.3 Å². The van der Waals surface area contributed by atoms with Gasteiger partial charge in [0, 0.05) is 31.3 Å². The van der Waals surface area contributed by atoms with Gasteiger partial charge in [-0.15, -0.1) is 11.3 Å². The van der Waals surface area contributed by atoms with Gasteiger partial charge in [-0.05, 0) is 62.0 Å². The van der Waals surface area contributed by atoms with Gasteiger partial charge < -0.3 is 4.42 Å². The van der Waals surface area contributed by atoms with Crippen molar-refractivity contribution in [2.24, 2.45) is 0 Å². The number of fused-ring (bicyclic) bond motifs is 7. The molecule has 42 heavy (non-hydrogen) atoms. The molecule has 0 atom stereocenters. The van der Waals surface area contributed by atoms with E-state index in [1.807, 2.05) is 11.3 Å². The molecular weight excluding hydrogens is 529 g/mol. The van der Waals surface area contributed by atoms with E-state index in [2.05, 4.69) is 146 Å². The fourth-order valence-electron chi connectivity index (χ4n) is 6.75. The Bertz CT molecular complexity index is 2390. The second-order valence-corrected chi connectivity index (χ2v) is 11.8. The fraction of sp³-hybridized carbons (Fsp3) is 0. The van der Waals surface area contributed by atoms with Gasteiger partial charge in [-0.1, -0.05) is 127 Å². The van der Waals surface area contributed by atoms with Gasteiger partial charge in [0.2, 0.25) is 0 Å². The summed E-state index contributed by atoms with van der Waals surface area (Å²) in [6.45, 7) is 0. The zero-order valence-electron chi connectivity index (χ0n) is 22.7. The number of hydrogen-bond donors (Lipinski definition) is 0. The van der Waals surface area contributed by atoms with E-state index < -0.39 is 0 Å². The van der Waals surface area contributed by atoms with Crippen molar-refractivity contribution in [2.45, 2.75) is 0 Å². The van der Waals surface area contributed by atoms with E-state index in [0.717, 1.165) is 16.6 Å². The highest BCUT2D eigenvalue weighted by atomic mass is 32.1. The third-order valence-corrected chi connectivity index (χ3v) is 9.68. The molecule has 0 aliphatic carbocycles. The predicted octanol–water partition coefficient (Wildman–Crippen LogP) is 12.1. The van der Waals surface area contributed by atoms with Crippen LogP contribution < -0.4 is 0 Å². The Balaban J connectivity index is 1.55. The predicted molar refractivity (Wildman–Crippen MR) is 180 cm³/mol. The zero-order valence-corrected chi connectivity index (χ0v) is 23.5. The van der Waals surface area contributed by atoms with Crippen LogP contribution in [0.2, 0.25) is 0 Å². The van der Waals surface area contributed by atoms with Crippen LogP contribution in [0.5, 0.6) is 0 Å². The number of benzene rings is 7. The number of furan rings is 1. The Morgan fingerprint density at radius 3 is 1.52 bits per heavy atom. The van der Waals surface area contributed by atoms with E-state index in [9.17, 15) is 0 Å². The molecule has 0 bridgehead atoms. The summed E-state index contributed by atoms with van der Waals surface area (Å²) in [5.74, 6) is 0. The normalized spacial score (nSPS) is 11.8. The monoisotopic (exact) mass is 552 g/mol. The Kier molecular flexibility index (Phi) is 5.13. The summed E-state index contributed by atoms with van der Waals surface area (Å²) in [7, 11) is 0.